The van der Waals surface area contributed by atoms with Gasteiger partial charge in [-0.2, -0.15) is 54.8 Å². The first kappa shape index (κ1) is 112. The van der Waals surface area contributed by atoms with E-state index in [1.807, 2.05) is 36.0 Å². The van der Waals surface area contributed by atoms with E-state index in [2.05, 4.69) is 46.3 Å². The predicted octanol–water partition coefficient (Wildman–Crippen LogP) is 14.0. The average molecular weight is 2040 g/mol. The Kier molecular flexibility index (Phi) is 39.6. The summed E-state index contributed by atoms with van der Waals surface area (Å²) in [5.41, 5.74) is -2.89. The third-order valence-corrected chi connectivity index (χ3v) is 21.7. The van der Waals surface area contributed by atoms with Gasteiger partial charge in [0.15, 0.2) is 22.8 Å². The molecule has 8 aromatic heterocycles. The van der Waals surface area contributed by atoms with Crippen molar-refractivity contribution in [2.75, 3.05) is 109 Å². The number of hydrogen-bond acceptors (Lipinski definition) is 29. The second kappa shape index (κ2) is 48.6. The van der Waals surface area contributed by atoms with E-state index in [1.54, 1.807) is 186 Å². The van der Waals surface area contributed by atoms with Crippen LogP contribution in [0.5, 0.6) is 17.2 Å². The van der Waals surface area contributed by atoms with Crippen molar-refractivity contribution in [2.24, 2.45) is 5.84 Å². The second-order valence-corrected chi connectivity index (χ2v) is 37.3. The molecule has 0 bridgehead atoms. The number of alkyl halides is 9. The SMILES string of the molecule is CN(CCN(Cc1cc(-n2nc(C(F)(F)F)cc2C(=O)O)cs1)C(=O)OC(C)(C)C)C(=O)OC(C)(C)C.CN1CC[N+](C)=C1Cl.CNCCNCc1cc(-n2nc(C(F)(F)F)cc2-c2nnc(-c3ccccc3OC)o2)cs1.COc1ccccc1-c1nnc(-c2cc(C(F)(F)F)nn2-c2csc(CN(CCN(C)C(=O)OC(C)(C)C)C(=O)OC(C)(C)C)c2)o1.COc1ccccc1C(=O)NN.[Cl-]. The molecule has 0 spiro atoms. The number of amidine groups is 1. The number of nitrogens with two attached hydrogens (primary N) is 1. The number of aromatic carboxylic acids is 1. The summed E-state index contributed by atoms with van der Waals surface area (Å²) in [6.45, 7) is 25.4. The number of methoxy groups -OCH3 is 3. The van der Waals surface area contributed by atoms with Gasteiger partial charge in [0.05, 0.1) is 82.3 Å². The number of aromatic nitrogens is 10. The molecule has 0 saturated heterocycles. The van der Waals surface area contributed by atoms with Crippen molar-refractivity contribution >= 4 is 87.2 Å². The summed E-state index contributed by atoms with van der Waals surface area (Å²) >= 11 is 9.51. The minimum absolute atomic E-state index is 0. The minimum Gasteiger partial charge on any atom is -1.00 e. The van der Waals surface area contributed by atoms with Crippen LogP contribution in [0.3, 0.4) is 0 Å². The van der Waals surface area contributed by atoms with Gasteiger partial charge in [-0.15, -0.1) is 54.4 Å². The number of nitrogens with zero attached hydrogens (tertiary/aromatic N) is 16. The fourth-order valence-corrected chi connectivity index (χ4v) is 14.5. The zero-order valence-corrected chi connectivity index (χ0v) is 83.0. The van der Waals surface area contributed by atoms with Crippen LogP contribution in [0.2, 0.25) is 0 Å². The number of carbonyl (C=O) groups excluding carboxylic acids is 5. The van der Waals surface area contributed by atoms with Crippen LogP contribution in [0.1, 0.15) is 136 Å². The van der Waals surface area contributed by atoms with Gasteiger partial charge in [-0.25, -0.2) is 43.9 Å². The molecule has 50 heteroatoms. The lowest BCUT2D eigenvalue weighted by atomic mass is 10.2. The van der Waals surface area contributed by atoms with Crippen molar-refractivity contribution in [1.82, 2.24) is 90.3 Å². The van der Waals surface area contributed by atoms with Gasteiger partial charge in [0.1, 0.15) is 64.1 Å². The summed E-state index contributed by atoms with van der Waals surface area (Å²) < 4.78 is 175. The molecule has 752 valence electrons. The number of carboxylic acid groups (broad SMARTS) is 1. The van der Waals surface area contributed by atoms with Crippen LogP contribution in [-0.2, 0) is 57.1 Å². The first-order valence-electron chi connectivity index (χ1n) is 41.7. The summed E-state index contributed by atoms with van der Waals surface area (Å²) in [6.07, 6.45) is -16.6. The summed E-state index contributed by atoms with van der Waals surface area (Å²) in [6, 6.07) is 27.7. The lowest BCUT2D eigenvalue weighted by Gasteiger charge is -2.29. The van der Waals surface area contributed by atoms with Gasteiger partial charge >= 0.3 is 54.2 Å². The Morgan fingerprint density at radius 1 is 0.514 bits per heavy atom. The summed E-state index contributed by atoms with van der Waals surface area (Å²) in [4.78, 5) is 82.9. The molecular weight excluding hydrogens is 1930 g/mol. The number of hydrazine groups is 1. The van der Waals surface area contributed by atoms with Gasteiger partial charge in [0.2, 0.25) is 0 Å². The van der Waals surface area contributed by atoms with E-state index >= 15 is 0 Å². The maximum Gasteiger partial charge on any atom is 0.435 e. The van der Waals surface area contributed by atoms with Crippen LogP contribution in [0.25, 0.3) is 63.1 Å². The number of nitrogens with one attached hydrogen (secondary N) is 3. The van der Waals surface area contributed by atoms with Gasteiger partial charge in [-0.3, -0.25) is 19.7 Å². The topological polar surface area (TPSA) is 400 Å². The number of amides is 5. The number of hydrogen-bond donors (Lipinski definition) is 5. The zero-order chi connectivity index (χ0) is 102. The van der Waals surface area contributed by atoms with Crippen LogP contribution >= 0.6 is 45.6 Å². The van der Waals surface area contributed by atoms with E-state index in [9.17, 15) is 73.4 Å². The largest absolute Gasteiger partial charge is 1.00 e. The summed E-state index contributed by atoms with van der Waals surface area (Å²) in [7, 11) is 13.4. The van der Waals surface area contributed by atoms with Crippen molar-refractivity contribution < 1.29 is 132 Å². The third-order valence-electron chi connectivity index (χ3n) is 18.4. The van der Waals surface area contributed by atoms with Crippen LogP contribution in [-0.4, -0.2) is 257 Å². The quantitative estimate of drug-likeness (QED) is 0.00466. The highest BCUT2D eigenvalue weighted by Crippen LogP contribution is 2.40. The van der Waals surface area contributed by atoms with Gasteiger partial charge in [0, 0.05) is 120 Å². The molecule has 1 aliphatic heterocycles. The molecule has 0 radical (unpaired) electrons. The fourth-order valence-electron chi connectivity index (χ4n) is 11.8. The van der Waals surface area contributed by atoms with Crippen molar-refractivity contribution in [3.63, 3.8) is 0 Å². The zero-order valence-electron chi connectivity index (χ0n) is 79.1. The molecule has 0 fully saturated rings. The highest BCUT2D eigenvalue weighted by atomic mass is 35.5. The summed E-state index contributed by atoms with van der Waals surface area (Å²) in [5.74, 6) is 4.41. The molecule has 0 aliphatic carbocycles. The smallest absolute Gasteiger partial charge is 0.435 e. The van der Waals surface area contributed by atoms with Crippen molar-refractivity contribution in [3.05, 3.63) is 168 Å². The number of carbonyl (C=O) groups is 6. The average Bonchev–Trinajstić information content (AvgIpc) is 1.63. The van der Waals surface area contributed by atoms with E-state index in [0.29, 0.717) is 66.7 Å². The molecule has 0 atom stereocenters. The number of nitrogen functional groups attached to an aromatic ring is 1. The highest BCUT2D eigenvalue weighted by molar-refractivity contribution is 7.10. The van der Waals surface area contributed by atoms with E-state index < -0.39 is 94.1 Å². The van der Waals surface area contributed by atoms with E-state index in [1.165, 1.54) is 86.8 Å². The number of rotatable bonds is 27. The molecule has 1 aliphatic rings. The Morgan fingerprint density at radius 2 is 0.877 bits per heavy atom. The van der Waals surface area contributed by atoms with Gasteiger partial charge in [0.25, 0.3) is 29.5 Å². The Hall–Kier alpha value is -12.6. The summed E-state index contributed by atoms with van der Waals surface area (Å²) in [5, 5.41) is 48.3. The van der Waals surface area contributed by atoms with E-state index in [0.717, 1.165) is 64.5 Å². The lowest BCUT2D eigenvalue weighted by molar-refractivity contribution is -0.484. The molecule has 0 unspecified atom stereocenters. The number of halogens is 11. The first-order chi connectivity index (χ1) is 64.0. The monoisotopic (exact) mass is 2040 g/mol. The third kappa shape index (κ3) is 33.1. The molecule has 11 aromatic rings. The molecule has 5 amide bonds. The normalized spacial score (nSPS) is 12.2. The standard InChI is InChI=1S/C31H37F3N6O6S.C23H31F3N4O6S.C21H21F3N6O2S.C8H10N2O2.C5H10ClN2.ClH/c1-29(2,3)45-27(41)38(7)13-14-39(28(42)46-30(4,5)6)17-20-15-19(18-47-20)40-22(16-24(37-40)31(32,33)34)26-36-35-25(44-26)21-11-9-10-12-23(21)43-8;1-21(2,3)35-19(33)28(7)8-9-29(20(34)36-22(4,5)6)12-15-10-14(13-37-15)30-16(18(31)32)11-17(27-30)23(24,25)26;1-25-7-8-26-11-14-9-13(12-33-14)30-16(10-18(29-30)21(22,23)24)20-28-27-19(32-20)15-5-3-4-6-17(15)31-2;1-12-7-5-3-2-4-6(7)8(11)10-9;1-7-3-4-8(2)5(7)6;/h9-12,15-16,18H,13-14,17H2,1-8H3;10-11,13H,8-9,12H2,1-7H3,(H,31,32);3-6,9-10,12,25-26H,7-8,11H2,1-2H3;2-5H,9H2,1H3,(H,10,11);3-4H2,1-2H3;1H/q;;;;+1;/p-1. The highest BCUT2D eigenvalue weighted by Gasteiger charge is 2.40. The van der Waals surface area contributed by atoms with Gasteiger partial charge < -0.3 is 89.7 Å². The lowest BCUT2D eigenvalue weighted by Crippen LogP contribution is -3.00. The molecule has 3 aromatic carbocycles. The maximum absolute atomic E-state index is 13.8. The van der Waals surface area contributed by atoms with Crippen LogP contribution in [0.15, 0.2) is 134 Å². The minimum atomic E-state index is -4.82. The van der Waals surface area contributed by atoms with Crippen LogP contribution in [0, 0.1) is 0 Å². The van der Waals surface area contributed by atoms with Crippen LogP contribution in [0.4, 0.5) is 58.7 Å². The number of likely N-dealkylation sites (N-methyl/N-ethyl adjacent to an activating group) is 5. The van der Waals surface area contributed by atoms with Crippen molar-refractivity contribution in [1.29, 1.82) is 0 Å². The van der Waals surface area contributed by atoms with Crippen molar-refractivity contribution in [3.8, 4) is 80.4 Å². The van der Waals surface area contributed by atoms with Gasteiger partial charge in [-0.05, 0) is 145 Å². The number of benzene rings is 3. The first-order valence-corrected chi connectivity index (χ1v) is 44.8. The number of thiophene rings is 3. The van der Waals surface area contributed by atoms with E-state index in [4.69, 9.17) is 59.4 Å². The Labute approximate surface area is 812 Å². The molecule has 0 saturated carbocycles. The Morgan fingerprint density at radius 3 is 1.24 bits per heavy atom. The Balaban J connectivity index is 0.000000257. The Bertz CT molecular complexity index is 5920. The molecule has 6 N–H and O–H groups in total. The molecule has 9 heterocycles. The fraction of sp³-hybridized carbons (Fsp3) is 0.432. The van der Waals surface area contributed by atoms with Crippen LogP contribution < -0.4 is 48.5 Å². The maximum atomic E-state index is 13.8. The number of ether oxygens (including phenoxy) is 7. The number of para-hydroxylation sites is 3. The number of carboxylic acids is 1. The van der Waals surface area contributed by atoms with Gasteiger partial charge in [-0.1, -0.05) is 36.4 Å². The molecular formula is C88H109Cl2F9N20O16S3. The molecule has 36 nitrogen and oxygen atoms in total. The van der Waals surface area contributed by atoms with E-state index in [-0.39, 0.29) is 104 Å². The van der Waals surface area contributed by atoms with Crippen molar-refractivity contribution in [2.45, 2.75) is 144 Å². The molecule has 12 rings (SSSR count). The second-order valence-electron chi connectivity index (χ2n) is 34.0. The predicted molar refractivity (Wildman–Crippen MR) is 493 cm³/mol. The molecule has 138 heavy (non-hydrogen) atoms.